The Morgan fingerprint density at radius 3 is 2.75 bits per heavy atom. The zero-order valence-corrected chi connectivity index (χ0v) is 17.1. The lowest BCUT2D eigenvalue weighted by molar-refractivity contribution is 0.0454. The fourth-order valence-corrected chi connectivity index (χ4v) is 4.66. The number of aryl methyl sites for hydroxylation is 1. The molecule has 28 heavy (non-hydrogen) atoms. The van der Waals surface area contributed by atoms with Crippen LogP contribution in [0.4, 0.5) is 0 Å². The summed E-state index contributed by atoms with van der Waals surface area (Å²) in [5.74, 6) is 1.95. The predicted octanol–water partition coefficient (Wildman–Crippen LogP) is 3.78. The zero-order valence-electron chi connectivity index (χ0n) is 16.3. The van der Waals surface area contributed by atoms with Crippen molar-refractivity contribution in [3.8, 4) is 11.3 Å². The molecule has 4 rings (SSSR count). The molecule has 0 aliphatic carbocycles. The molecule has 0 saturated carbocycles. The van der Waals surface area contributed by atoms with Gasteiger partial charge in [-0.3, -0.25) is 9.80 Å². The molecule has 2 aromatic heterocycles. The largest absolute Gasteiger partial charge is 0.465 e. The van der Waals surface area contributed by atoms with E-state index in [1.807, 2.05) is 31.2 Å². The monoisotopic (exact) mass is 397 g/mol. The quantitative estimate of drug-likeness (QED) is 0.658. The SMILES string of the molecule is Cc1ccc(CN2CCN(Cc3nc(-c4ccccc4)cs3)C[C@@H]2CCO)o1. The van der Waals surface area contributed by atoms with Gasteiger partial charge in [-0.25, -0.2) is 4.98 Å². The van der Waals surface area contributed by atoms with Crippen LogP contribution < -0.4 is 0 Å². The molecule has 5 nitrogen and oxygen atoms in total. The van der Waals surface area contributed by atoms with Crippen LogP contribution in [0, 0.1) is 6.92 Å². The van der Waals surface area contributed by atoms with Crippen LogP contribution in [0.5, 0.6) is 0 Å². The van der Waals surface area contributed by atoms with Crippen LogP contribution in [0.1, 0.15) is 22.9 Å². The summed E-state index contributed by atoms with van der Waals surface area (Å²) in [6.07, 6.45) is 0.781. The maximum atomic E-state index is 9.53. The third-order valence-corrected chi connectivity index (χ3v) is 6.12. The van der Waals surface area contributed by atoms with Crippen LogP contribution in [0.25, 0.3) is 11.3 Å². The van der Waals surface area contributed by atoms with Crippen LogP contribution in [-0.4, -0.2) is 52.2 Å². The number of piperazine rings is 1. The molecule has 0 radical (unpaired) electrons. The normalized spacial score (nSPS) is 18.6. The van der Waals surface area contributed by atoms with Crippen molar-refractivity contribution in [3.63, 3.8) is 0 Å². The molecule has 1 fully saturated rings. The topological polar surface area (TPSA) is 52.7 Å². The highest BCUT2D eigenvalue weighted by Gasteiger charge is 2.27. The Kier molecular flexibility index (Phi) is 6.22. The van der Waals surface area contributed by atoms with E-state index in [0.717, 1.165) is 61.4 Å². The van der Waals surface area contributed by atoms with Gasteiger partial charge >= 0.3 is 0 Å². The van der Waals surface area contributed by atoms with Crippen molar-refractivity contribution in [1.29, 1.82) is 0 Å². The highest BCUT2D eigenvalue weighted by Crippen LogP contribution is 2.24. The van der Waals surface area contributed by atoms with Gasteiger partial charge in [-0.15, -0.1) is 11.3 Å². The number of rotatable bonds is 7. The number of aliphatic hydroxyl groups is 1. The fraction of sp³-hybridized carbons (Fsp3) is 0.409. The van der Waals surface area contributed by atoms with Gasteiger partial charge in [-0.05, 0) is 25.5 Å². The summed E-state index contributed by atoms with van der Waals surface area (Å²) in [7, 11) is 0. The average Bonchev–Trinajstić information content (AvgIpc) is 3.34. The molecule has 3 aromatic rings. The molecule has 0 amide bonds. The number of hydrogen-bond acceptors (Lipinski definition) is 6. The summed E-state index contributed by atoms with van der Waals surface area (Å²) >= 11 is 1.73. The second-order valence-electron chi connectivity index (χ2n) is 7.38. The highest BCUT2D eigenvalue weighted by atomic mass is 32.1. The van der Waals surface area contributed by atoms with Crippen LogP contribution in [-0.2, 0) is 13.1 Å². The standard InChI is InChI=1S/C22H27N3O2S/c1-17-7-8-20(27-17)14-25-11-10-24(13-19(25)9-12-26)15-22-23-21(16-28-22)18-5-3-2-4-6-18/h2-8,16,19,26H,9-15H2,1H3/t19-/m0/s1. The summed E-state index contributed by atoms with van der Waals surface area (Å²) < 4.78 is 5.75. The lowest BCUT2D eigenvalue weighted by Crippen LogP contribution is -2.52. The van der Waals surface area contributed by atoms with Gasteiger partial charge in [-0.1, -0.05) is 30.3 Å². The van der Waals surface area contributed by atoms with Gasteiger partial charge < -0.3 is 9.52 Å². The number of aromatic nitrogens is 1. The molecule has 1 atom stereocenters. The Hall–Kier alpha value is -1.99. The molecule has 1 N–H and O–H groups in total. The fourth-order valence-electron chi connectivity index (χ4n) is 3.82. The average molecular weight is 398 g/mol. The molecule has 1 saturated heterocycles. The van der Waals surface area contributed by atoms with Crippen LogP contribution in [0.2, 0.25) is 0 Å². The molecule has 1 aliphatic rings. The third kappa shape index (κ3) is 4.70. The molecule has 6 heteroatoms. The smallest absolute Gasteiger partial charge is 0.118 e. The third-order valence-electron chi connectivity index (χ3n) is 5.29. The Labute approximate surface area is 170 Å². The van der Waals surface area contributed by atoms with Crippen molar-refractivity contribution in [3.05, 3.63) is 64.4 Å². The first kappa shape index (κ1) is 19.3. The molecule has 1 aliphatic heterocycles. The van der Waals surface area contributed by atoms with Crippen LogP contribution >= 0.6 is 11.3 Å². The molecule has 0 spiro atoms. The van der Waals surface area contributed by atoms with E-state index >= 15 is 0 Å². The number of hydrogen-bond donors (Lipinski definition) is 1. The van der Waals surface area contributed by atoms with Gasteiger partial charge in [0.15, 0.2) is 0 Å². The Morgan fingerprint density at radius 2 is 2.00 bits per heavy atom. The van der Waals surface area contributed by atoms with Crippen molar-refractivity contribution in [2.24, 2.45) is 0 Å². The van der Waals surface area contributed by atoms with E-state index in [-0.39, 0.29) is 6.61 Å². The van der Waals surface area contributed by atoms with E-state index in [4.69, 9.17) is 9.40 Å². The number of benzene rings is 1. The minimum atomic E-state index is 0.210. The van der Waals surface area contributed by atoms with Crippen molar-refractivity contribution in [2.75, 3.05) is 26.2 Å². The summed E-state index contributed by atoms with van der Waals surface area (Å²) in [6.45, 7) is 6.78. The number of thiazole rings is 1. The summed E-state index contributed by atoms with van der Waals surface area (Å²) in [5.41, 5.74) is 2.22. The molecule has 148 valence electrons. The Bertz CT molecular complexity index is 877. The molecule has 1 aromatic carbocycles. The molecule has 0 unspecified atom stereocenters. The van der Waals surface area contributed by atoms with Gasteiger partial charge in [0.25, 0.3) is 0 Å². The Morgan fingerprint density at radius 1 is 1.14 bits per heavy atom. The van der Waals surface area contributed by atoms with Crippen molar-refractivity contribution < 1.29 is 9.52 Å². The van der Waals surface area contributed by atoms with Crippen molar-refractivity contribution >= 4 is 11.3 Å². The van der Waals surface area contributed by atoms with Crippen molar-refractivity contribution in [1.82, 2.24) is 14.8 Å². The molecular weight excluding hydrogens is 370 g/mol. The lowest BCUT2D eigenvalue weighted by Gasteiger charge is -2.40. The van der Waals surface area contributed by atoms with Gasteiger partial charge in [0, 0.05) is 43.2 Å². The first-order valence-electron chi connectivity index (χ1n) is 9.83. The first-order chi connectivity index (χ1) is 13.7. The maximum Gasteiger partial charge on any atom is 0.118 e. The van der Waals surface area contributed by atoms with Crippen LogP contribution in [0.3, 0.4) is 0 Å². The first-order valence-corrected chi connectivity index (χ1v) is 10.7. The van der Waals surface area contributed by atoms with E-state index < -0.39 is 0 Å². The van der Waals surface area contributed by atoms with Gasteiger partial charge in [0.05, 0.1) is 18.8 Å². The molecule has 0 bridgehead atoms. The van der Waals surface area contributed by atoms with Crippen molar-refractivity contribution in [2.45, 2.75) is 32.5 Å². The zero-order chi connectivity index (χ0) is 19.3. The minimum Gasteiger partial charge on any atom is -0.465 e. The second-order valence-corrected chi connectivity index (χ2v) is 8.32. The van der Waals surface area contributed by atoms with E-state index in [2.05, 4.69) is 33.4 Å². The molecular formula is C22H27N3O2S. The second kappa shape index (κ2) is 9.01. The van der Waals surface area contributed by atoms with Gasteiger partial charge in [-0.2, -0.15) is 0 Å². The van der Waals surface area contributed by atoms with Gasteiger partial charge in [0.2, 0.25) is 0 Å². The lowest BCUT2D eigenvalue weighted by atomic mass is 10.1. The molecule has 3 heterocycles. The summed E-state index contributed by atoms with van der Waals surface area (Å²) in [6, 6.07) is 14.7. The summed E-state index contributed by atoms with van der Waals surface area (Å²) in [4.78, 5) is 9.72. The van der Waals surface area contributed by atoms with Crippen LogP contribution in [0.15, 0.2) is 52.3 Å². The number of furan rings is 1. The highest BCUT2D eigenvalue weighted by molar-refractivity contribution is 7.09. The Balaban J connectivity index is 1.38. The number of nitrogens with zero attached hydrogens (tertiary/aromatic N) is 3. The van der Waals surface area contributed by atoms with E-state index in [1.54, 1.807) is 11.3 Å². The van der Waals surface area contributed by atoms with E-state index in [0.29, 0.717) is 6.04 Å². The maximum absolute atomic E-state index is 9.53. The number of aliphatic hydroxyl groups excluding tert-OH is 1. The summed E-state index contributed by atoms with van der Waals surface area (Å²) in [5, 5.41) is 12.8. The minimum absolute atomic E-state index is 0.210. The predicted molar refractivity (Wildman–Crippen MR) is 112 cm³/mol. The van der Waals surface area contributed by atoms with E-state index in [1.165, 1.54) is 5.56 Å². The van der Waals surface area contributed by atoms with E-state index in [9.17, 15) is 5.11 Å². The van der Waals surface area contributed by atoms with Gasteiger partial charge in [0.1, 0.15) is 16.5 Å².